The van der Waals surface area contributed by atoms with Crippen molar-refractivity contribution < 1.29 is 34.3 Å². The fourth-order valence-electron chi connectivity index (χ4n) is 6.90. The van der Waals surface area contributed by atoms with Crippen LogP contribution in [0.4, 0.5) is 0 Å². The molecule has 316 valence electrons. The van der Waals surface area contributed by atoms with Gasteiger partial charge < -0.3 is 9.11 Å². The van der Waals surface area contributed by atoms with Gasteiger partial charge in [-0.1, -0.05) is 220 Å². The summed E-state index contributed by atoms with van der Waals surface area (Å²) in [5.41, 5.74) is 0. The zero-order valence-corrected chi connectivity index (χ0v) is 39.2. The third-order valence-electron chi connectivity index (χ3n) is 10.3. The van der Waals surface area contributed by atoms with Gasteiger partial charge in [0.2, 0.25) is 20.8 Å². The molecular formula is C42H86CaO8S2. The number of hydrogen-bond acceptors (Lipinski definition) is 8. The number of unbranched alkanes of at least 4 members (excludes halogenated alkanes) is 26. The summed E-state index contributed by atoms with van der Waals surface area (Å²) in [5, 5.41) is 0. The monoisotopic (exact) mass is 823 g/mol. The molecule has 11 heteroatoms. The van der Waals surface area contributed by atoms with Crippen LogP contribution in [0.3, 0.4) is 0 Å². The van der Waals surface area contributed by atoms with Crippen molar-refractivity contribution in [2.45, 2.75) is 246 Å². The van der Waals surface area contributed by atoms with Crippen LogP contribution in [-0.4, -0.2) is 76.9 Å². The van der Waals surface area contributed by atoms with E-state index in [0.717, 1.165) is 51.4 Å². The van der Waals surface area contributed by atoms with Gasteiger partial charge in [-0.2, -0.15) is 0 Å². The van der Waals surface area contributed by atoms with Crippen molar-refractivity contribution in [1.82, 2.24) is 0 Å². The molecule has 0 N–H and O–H groups in total. The van der Waals surface area contributed by atoms with Crippen LogP contribution >= 0.6 is 0 Å². The molecule has 0 heterocycles. The van der Waals surface area contributed by atoms with Crippen molar-refractivity contribution in [1.29, 1.82) is 0 Å². The van der Waals surface area contributed by atoms with Crippen LogP contribution < -0.4 is 0 Å². The first kappa shape index (κ1) is 58.3. The molecule has 0 amide bonds. The van der Waals surface area contributed by atoms with E-state index in [1.807, 2.05) is 0 Å². The van der Waals surface area contributed by atoms with Gasteiger partial charge in [-0.15, -0.1) is 0 Å². The van der Waals surface area contributed by atoms with Crippen LogP contribution in [0.2, 0.25) is 0 Å². The van der Waals surface area contributed by atoms with Gasteiger partial charge in [0.15, 0.2) is 0 Å². The maximum Gasteiger partial charge on any atom is 2.00 e. The SMILES string of the molecule is CCCCCCCCCCCCCC(CCCCCC)COS(=O)(=O)[O-].CCCCCCCCCCCCCC(CCCCCC)COS(=O)(=O)[O-].[Ca+2]. The van der Waals surface area contributed by atoms with Gasteiger partial charge in [0.25, 0.3) is 0 Å². The molecular weight excluding hydrogens is 737 g/mol. The summed E-state index contributed by atoms with van der Waals surface area (Å²) >= 11 is 0. The molecule has 0 aromatic carbocycles. The summed E-state index contributed by atoms with van der Waals surface area (Å²) in [6.07, 6.45) is 42.0. The van der Waals surface area contributed by atoms with Crippen molar-refractivity contribution in [2.75, 3.05) is 13.2 Å². The summed E-state index contributed by atoms with van der Waals surface area (Å²) in [6, 6.07) is 0. The maximum absolute atomic E-state index is 10.7. The van der Waals surface area contributed by atoms with Crippen LogP contribution in [0, 0.1) is 11.8 Å². The van der Waals surface area contributed by atoms with Gasteiger partial charge in [0.05, 0.1) is 13.2 Å². The molecule has 0 spiro atoms. The normalized spacial score (nSPS) is 12.9. The predicted molar refractivity (Wildman–Crippen MR) is 224 cm³/mol. The standard InChI is InChI=1S/2C21H44O4S.Ca/c2*1-3-5-7-9-10-11-12-13-14-15-17-19-21(18-16-8-6-4-2)20-25-26(22,23)24;/h2*21H,3-20H2,1-2H3,(H,22,23,24);/q;;+2/p-2. The molecule has 0 aromatic rings. The van der Waals surface area contributed by atoms with Crippen LogP contribution in [0.25, 0.3) is 0 Å². The largest absolute Gasteiger partial charge is 2.00 e. The minimum absolute atomic E-state index is 0. The van der Waals surface area contributed by atoms with E-state index in [9.17, 15) is 25.9 Å². The molecule has 0 radical (unpaired) electrons. The van der Waals surface area contributed by atoms with E-state index in [1.54, 1.807) is 0 Å². The smallest absolute Gasteiger partial charge is 0.726 e. The second-order valence-corrected chi connectivity index (χ2v) is 17.6. The van der Waals surface area contributed by atoms with Crippen LogP contribution in [0.1, 0.15) is 246 Å². The first-order chi connectivity index (χ1) is 25.0. The van der Waals surface area contributed by atoms with Crippen molar-refractivity contribution >= 4 is 58.5 Å². The van der Waals surface area contributed by atoms with Crippen LogP contribution in [-0.2, 0) is 29.2 Å². The van der Waals surface area contributed by atoms with Crippen LogP contribution in [0.5, 0.6) is 0 Å². The molecule has 0 bridgehead atoms. The van der Waals surface area contributed by atoms with Crippen LogP contribution in [0.15, 0.2) is 0 Å². The summed E-state index contributed by atoms with van der Waals surface area (Å²) in [4.78, 5) is 0. The van der Waals surface area contributed by atoms with Crippen molar-refractivity contribution in [3.05, 3.63) is 0 Å². The average molecular weight is 823 g/mol. The Morgan fingerprint density at radius 3 is 0.698 bits per heavy atom. The van der Waals surface area contributed by atoms with Crippen molar-refractivity contribution in [3.8, 4) is 0 Å². The second kappa shape index (κ2) is 44.1. The van der Waals surface area contributed by atoms with Crippen molar-refractivity contribution in [2.24, 2.45) is 11.8 Å². The molecule has 0 aliphatic heterocycles. The molecule has 0 rings (SSSR count). The Bertz CT molecular complexity index is 844. The fourth-order valence-corrected chi connectivity index (χ4v) is 7.61. The molecule has 8 nitrogen and oxygen atoms in total. The van der Waals surface area contributed by atoms with Gasteiger partial charge >= 0.3 is 37.7 Å². The molecule has 0 fully saturated rings. The molecule has 2 atom stereocenters. The summed E-state index contributed by atoms with van der Waals surface area (Å²) in [6.45, 7) is 8.99. The first-order valence-electron chi connectivity index (χ1n) is 22.2. The van der Waals surface area contributed by atoms with Gasteiger partial charge in [0.1, 0.15) is 0 Å². The van der Waals surface area contributed by atoms with E-state index in [4.69, 9.17) is 0 Å². The molecule has 0 saturated heterocycles. The summed E-state index contributed by atoms with van der Waals surface area (Å²) in [7, 11) is -9.12. The first-order valence-corrected chi connectivity index (χ1v) is 24.9. The van der Waals surface area contributed by atoms with E-state index >= 15 is 0 Å². The second-order valence-electron chi connectivity index (χ2n) is 15.5. The van der Waals surface area contributed by atoms with Gasteiger partial charge in [0, 0.05) is 0 Å². The average Bonchev–Trinajstić information content (AvgIpc) is 3.09. The Hall–Kier alpha value is 1.000. The zero-order valence-electron chi connectivity index (χ0n) is 35.4. The van der Waals surface area contributed by atoms with E-state index in [0.29, 0.717) is 0 Å². The van der Waals surface area contributed by atoms with Crippen molar-refractivity contribution in [3.63, 3.8) is 0 Å². The molecule has 0 saturated carbocycles. The summed E-state index contributed by atoms with van der Waals surface area (Å²) in [5.74, 6) is 0.406. The Kier molecular flexibility index (Phi) is 48.5. The third kappa shape index (κ3) is 53.0. The quantitative estimate of drug-likeness (QED) is 0.0258. The Morgan fingerprint density at radius 1 is 0.340 bits per heavy atom. The molecule has 0 aliphatic carbocycles. The topological polar surface area (TPSA) is 133 Å². The Balaban J connectivity index is -0.000000926. The van der Waals surface area contributed by atoms with Gasteiger partial charge in [-0.3, -0.25) is 8.37 Å². The fraction of sp³-hybridized carbons (Fsp3) is 1.00. The minimum atomic E-state index is -4.56. The Labute approximate surface area is 361 Å². The van der Waals surface area contributed by atoms with E-state index in [-0.39, 0.29) is 62.8 Å². The van der Waals surface area contributed by atoms with E-state index in [2.05, 4.69) is 36.1 Å². The maximum atomic E-state index is 10.7. The zero-order chi connectivity index (χ0) is 39.0. The summed E-state index contributed by atoms with van der Waals surface area (Å²) < 4.78 is 73.2. The molecule has 2 unspecified atom stereocenters. The number of rotatable bonds is 40. The van der Waals surface area contributed by atoms with Gasteiger partial charge in [-0.25, -0.2) is 16.8 Å². The van der Waals surface area contributed by atoms with E-state index in [1.165, 1.54) is 167 Å². The molecule has 0 aliphatic rings. The molecule has 0 aromatic heterocycles. The molecule has 53 heavy (non-hydrogen) atoms. The minimum Gasteiger partial charge on any atom is -0.726 e. The predicted octanol–water partition coefficient (Wildman–Crippen LogP) is 13.1. The number of hydrogen-bond donors (Lipinski definition) is 0. The van der Waals surface area contributed by atoms with Gasteiger partial charge in [-0.05, 0) is 37.5 Å². The Morgan fingerprint density at radius 2 is 0.509 bits per heavy atom. The van der Waals surface area contributed by atoms with E-state index < -0.39 is 20.8 Å². The third-order valence-corrected chi connectivity index (χ3v) is 11.1.